The predicted octanol–water partition coefficient (Wildman–Crippen LogP) is 2.93. The van der Waals surface area contributed by atoms with E-state index in [1.165, 1.54) is 21.0 Å². The van der Waals surface area contributed by atoms with E-state index in [2.05, 4.69) is 4.74 Å². The van der Waals surface area contributed by atoms with Crippen molar-refractivity contribution in [2.75, 3.05) is 7.11 Å². The molecule has 0 saturated heterocycles. The Morgan fingerprint density at radius 2 is 1.85 bits per heavy atom. The molecule has 20 heavy (non-hydrogen) atoms. The van der Waals surface area contributed by atoms with E-state index >= 15 is 0 Å². The van der Waals surface area contributed by atoms with E-state index in [9.17, 15) is 18.7 Å². The number of methoxy groups -OCH3 is 1. The third kappa shape index (κ3) is 2.98. The highest BCUT2D eigenvalue weighted by Gasteiger charge is 2.43. The van der Waals surface area contributed by atoms with Gasteiger partial charge in [0.2, 0.25) is 0 Å². The molecule has 0 bridgehead atoms. The first kappa shape index (κ1) is 16.6. The lowest BCUT2D eigenvalue weighted by Gasteiger charge is -2.34. The summed E-state index contributed by atoms with van der Waals surface area (Å²) in [4.78, 5) is 11.8. The van der Waals surface area contributed by atoms with Crippen LogP contribution in [0.25, 0.3) is 0 Å². The van der Waals surface area contributed by atoms with Crippen molar-refractivity contribution in [1.82, 2.24) is 0 Å². The number of aryl methyl sites for hydroxylation is 1. The number of hydrogen-bond donors (Lipinski definition) is 1. The van der Waals surface area contributed by atoms with E-state index in [0.717, 1.165) is 12.1 Å². The molecule has 0 aliphatic heterocycles. The van der Waals surface area contributed by atoms with Crippen LogP contribution in [0.2, 0.25) is 0 Å². The maximum atomic E-state index is 14.0. The van der Waals surface area contributed by atoms with Crippen molar-refractivity contribution in [3.8, 4) is 0 Å². The Balaban J connectivity index is 3.40. The first-order valence-electron chi connectivity index (χ1n) is 6.39. The highest BCUT2D eigenvalue weighted by atomic mass is 19.1. The van der Waals surface area contributed by atoms with Gasteiger partial charge < -0.3 is 9.84 Å². The molecule has 1 rings (SSSR count). The number of aliphatic hydroxyl groups is 1. The zero-order chi connectivity index (χ0) is 15.7. The SMILES string of the molecule is COC(=O)C(C(C)C)C(C)(O)c1cc(F)c(C)cc1F. The first-order valence-corrected chi connectivity index (χ1v) is 6.39. The third-order valence-electron chi connectivity index (χ3n) is 3.52. The quantitative estimate of drug-likeness (QED) is 0.866. The van der Waals surface area contributed by atoms with E-state index < -0.39 is 29.1 Å². The first-order chi connectivity index (χ1) is 9.12. The lowest BCUT2D eigenvalue weighted by Crippen LogP contribution is -2.42. The number of ether oxygens (including phenoxy) is 1. The zero-order valence-electron chi connectivity index (χ0n) is 12.3. The molecule has 2 atom stereocenters. The number of halogens is 2. The van der Waals surface area contributed by atoms with E-state index in [-0.39, 0.29) is 17.0 Å². The maximum Gasteiger partial charge on any atom is 0.312 e. The van der Waals surface area contributed by atoms with Crippen LogP contribution in [0.4, 0.5) is 8.78 Å². The molecule has 5 heteroatoms. The van der Waals surface area contributed by atoms with Crippen molar-refractivity contribution in [2.24, 2.45) is 11.8 Å². The van der Waals surface area contributed by atoms with Gasteiger partial charge in [-0.2, -0.15) is 0 Å². The minimum Gasteiger partial charge on any atom is -0.469 e. The zero-order valence-corrected chi connectivity index (χ0v) is 12.3. The molecule has 0 heterocycles. The Morgan fingerprint density at radius 1 is 1.30 bits per heavy atom. The number of esters is 1. The maximum absolute atomic E-state index is 14.0. The van der Waals surface area contributed by atoms with Crippen LogP contribution in [0, 0.1) is 30.4 Å². The molecule has 2 unspecified atom stereocenters. The van der Waals surface area contributed by atoms with Crippen LogP contribution in [0.3, 0.4) is 0 Å². The lowest BCUT2D eigenvalue weighted by molar-refractivity contribution is -0.159. The van der Waals surface area contributed by atoms with Crippen molar-refractivity contribution in [2.45, 2.75) is 33.3 Å². The van der Waals surface area contributed by atoms with Gasteiger partial charge in [0.25, 0.3) is 0 Å². The summed E-state index contributed by atoms with van der Waals surface area (Å²) < 4.78 is 32.3. The molecule has 0 saturated carbocycles. The van der Waals surface area contributed by atoms with Crippen molar-refractivity contribution in [1.29, 1.82) is 0 Å². The van der Waals surface area contributed by atoms with Gasteiger partial charge in [-0.25, -0.2) is 8.78 Å². The molecule has 0 aliphatic rings. The number of benzene rings is 1. The van der Waals surface area contributed by atoms with Crippen LogP contribution in [0.5, 0.6) is 0 Å². The predicted molar refractivity (Wildman–Crippen MR) is 71.0 cm³/mol. The van der Waals surface area contributed by atoms with Gasteiger partial charge >= 0.3 is 5.97 Å². The molecule has 0 aliphatic carbocycles. The fourth-order valence-corrected chi connectivity index (χ4v) is 2.48. The largest absolute Gasteiger partial charge is 0.469 e. The van der Waals surface area contributed by atoms with Gasteiger partial charge in [0, 0.05) is 5.56 Å². The smallest absolute Gasteiger partial charge is 0.312 e. The highest BCUT2D eigenvalue weighted by Crippen LogP contribution is 2.37. The molecular weight excluding hydrogens is 266 g/mol. The van der Waals surface area contributed by atoms with Gasteiger partial charge in [0.15, 0.2) is 0 Å². The minimum absolute atomic E-state index is 0.140. The average Bonchev–Trinajstić information content (AvgIpc) is 2.32. The van der Waals surface area contributed by atoms with E-state index in [0.29, 0.717) is 0 Å². The van der Waals surface area contributed by atoms with Crippen molar-refractivity contribution < 1.29 is 23.4 Å². The van der Waals surface area contributed by atoms with Gasteiger partial charge in [-0.1, -0.05) is 13.8 Å². The summed E-state index contributed by atoms with van der Waals surface area (Å²) in [6.07, 6.45) is 0. The molecule has 1 aromatic carbocycles. The molecule has 1 N–H and O–H groups in total. The van der Waals surface area contributed by atoms with Gasteiger partial charge in [0.1, 0.15) is 17.2 Å². The molecule has 3 nitrogen and oxygen atoms in total. The fraction of sp³-hybridized carbons (Fsp3) is 0.533. The number of carbonyl (C=O) groups excluding carboxylic acids is 1. The summed E-state index contributed by atoms with van der Waals surface area (Å²) in [6.45, 7) is 6.13. The summed E-state index contributed by atoms with van der Waals surface area (Å²) in [5, 5.41) is 10.6. The normalized spacial score (nSPS) is 15.8. The van der Waals surface area contributed by atoms with E-state index in [1.54, 1.807) is 13.8 Å². The van der Waals surface area contributed by atoms with Crippen LogP contribution < -0.4 is 0 Å². The highest BCUT2D eigenvalue weighted by molar-refractivity contribution is 5.74. The van der Waals surface area contributed by atoms with Crippen LogP contribution >= 0.6 is 0 Å². The van der Waals surface area contributed by atoms with E-state index in [1.807, 2.05) is 0 Å². The Hall–Kier alpha value is -1.49. The molecule has 112 valence electrons. The molecule has 0 radical (unpaired) electrons. The molecular formula is C15H20F2O3. The summed E-state index contributed by atoms with van der Waals surface area (Å²) in [6, 6.07) is 1.94. The van der Waals surface area contributed by atoms with E-state index in [4.69, 9.17) is 0 Å². The molecule has 1 aromatic rings. The summed E-state index contributed by atoms with van der Waals surface area (Å²) in [7, 11) is 1.19. The molecule has 0 spiro atoms. The Kier molecular flexibility index (Phi) is 4.86. The third-order valence-corrected chi connectivity index (χ3v) is 3.52. The minimum atomic E-state index is -1.86. The lowest BCUT2D eigenvalue weighted by atomic mass is 9.76. The number of rotatable bonds is 4. The Morgan fingerprint density at radius 3 is 2.30 bits per heavy atom. The van der Waals surface area contributed by atoms with Crippen LogP contribution in [0.1, 0.15) is 31.9 Å². The molecule has 0 amide bonds. The van der Waals surface area contributed by atoms with Crippen LogP contribution in [-0.2, 0) is 15.1 Å². The van der Waals surface area contributed by atoms with Crippen LogP contribution in [-0.4, -0.2) is 18.2 Å². The number of hydrogen-bond acceptors (Lipinski definition) is 3. The fourth-order valence-electron chi connectivity index (χ4n) is 2.48. The number of carbonyl (C=O) groups is 1. The van der Waals surface area contributed by atoms with Gasteiger partial charge in [-0.05, 0) is 37.5 Å². The summed E-state index contributed by atoms with van der Waals surface area (Å²) in [5.74, 6) is -3.34. The second-order valence-electron chi connectivity index (χ2n) is 5.47. The van der Waals surface area contributed by atoms with Gasteiger partial charge in [-0.15, -0.1) is 0 Å². The Labute approximate surface area is 117 Å². The summed E-state index contributed by atoms with van der Waals surface area (Å²) >= 11 is 0. The van der Waals surface area contributed by atoms with Crippen molar-refractivity contribution >= 4 is 5.97 Å². The second-order valence-corrected chi connectivity index (χ2v) is 5.47. The van der Waals surface area contributed by atoms with Gasteiger partial charge in [-0.3, -0.25) is 4.79 Å². The topological polar surface area (TPSA) is 46.5 Å². The Bertz CT molecular complexity index is 510. The molecule has 0 fully saturated rings. The average molecular weight is 286 g/mol. The second kappa shape index (κ2) is 5.87. The standard InChI is InChI=1S/C15H20F2O3/c1-8(2)13(14(18)20-5)15(4,19)10-7-11(16)9(3)6-12(10)17/h6-8,13,19H,1-5H3. The summed E-state index contributed by atoms with van der Waals surface area (Å²) in [5.41, 5.74) is -1.97. The van der Waals surface area contributed by atoms with Crippen molar-refractivity contribution in [3.63, 3.8) is 0 Å². The van der Waals surface area contributed by atoms with Gasteiger partial charge in [0.05, 0.1) is 13.0 Å². The molecule has 0 aromatic heterocycles. The monoisotopic (exact) mass is 286 g/mol. The van der Waals surface area contributed by atoms with Crippen LogP contribution in [0.15, 0.2) is 12.1 Å². The van der Waals surface area contributed by atoms with Crippen molar-refractivity contribution in [3.05, 3.63) is 34.9 Å².